The second-order valence-electron chi connectivity index (χ2n) is 4.50. The van der Waals surface area contributed by atoms with Crippen LogP contribution < -0.4 is 4.90 Å². The molecule has 5 heteroatoms. The Kier molecular flexibility index (Phi) is 2.45. The summed E-state index contributed by atoms with van der Waals surface area (Å²) in [5.41, 5.74) is -1.22. The Labute approximate surface area is 97.0 Å². The fraction of sp³-hybridized carbons (Fsp3) is 0.417. The quantitative estimate of drug-likeness (QED) is 0.686. The predicted octanol–water partition coefficient (Wildman–Crippen LogP) is 2.77. The lowest BCUT2D eigenvalue weighted by Gasteiger charge is -2.39. The average Bonchev–Trinajstić information content (AvgIpc) is 2.25. The van der Waals surface area contributed by atoms with Crippen molar-refractivity contribution in [2.75, 3.05) is 11.9 Å². The second kappa shape index (κ2) is 3.48. The highest BCUT2D eigenvalue weighted by molar-refractivity contribution is 6.00. The van der Waals surface area contributed by atoms with Crippen molar-refractivity contribution in [3.63, 3.8) is 0 Å². The van der Waals surface area contributed by atoms with E-state index in [4.69, 9.17) is 0 Å². The maximum Gasteiger partial charge on any atom is 0.403 e. The Hall–Kier alpha value is -1.52. The van der Waals surface area contributed by atoms with Crippen molar-refractivity contribution in [2.24, 2.45) is 5.41 Å². The first kappa shape index (κ1) is 12.0. The number of carbonyl (C=O) groups is 1. The molecule has 0 fully saturated rings. The summed E-state index contributed by atoms with van der Waals surface area (Å²) in [4.78, 5) is 13.0. The minimum atomic E-state index is -4.54. The van der Waals surface area contributed by atoms with Gasteiger partial charge in [-0.2, -0.15) is 13.2 Å². The van der Waals surface area contributed by atoms with Crippen LogP contribution in [-0.4, -0.2) is 19.1 Å². The minimum Gasteiger partial charge on any atom is -0.314 e. The van der Waals surface area contributed by atoms with Crippen molar-refractivity contribution in [1.29, 1.82) is 0 Å². The smallest absolute Gasteiger partial charge is 0.314 e. The molecular weight excluding hydrogens is 231 g/mol. The van der Waals surface area contributed by atoms with E-state index < -0.39 is 17.5 Å². The first-order valence-corrected chi connectivity index (χ1v) is 5.20. The van der Waals surface area contributed by atoms with Crippen LogP contribution in [0.3, 0.4) is 0 Å². The molecule has 0 aromatic heterocycles. The van der Waals surface area contributed by atoms with Gasteiger partial charge in [-0.25, -0.2) is 0 Å². The number of benzene rings is 1. The fourth-order valence-corrected chi connectivity index (χ4v) is 2.15. The minimum absolute atomic E-state index is 0.296. The van der Waals surface area contributed by atoms with Crippen LogP contribution in [0.1, 0.15) is 12.5 Å². The molecule has 92 valence electrons. The largest absolute Gasteiger partial charge is 0.403 e. The monoisotopic (exact) mass is 243 g/mol. The van der Waals surface area contributed by atoms with E-state index in [0.717, 1.165) is 11.8 Å². The number of nitrogens with zero attached hydrogens (tertiary/aromatic N) is 1. The Bertz CT molecular complexity index is 469. The van der Waals surface area contributed by atoms with Gasteiger partial charge >= 0.3 is 6.18 Å². The number of alkyl halides is 3. The molecule has 1 atom stereocenters. The van der Waals surface area contributed by atoms with Gasteiger partial charge in [0.05, 0.1) is 0 Å². The van der Waals surface area contributed by atoms with Gasteiger partial charge in [-0.05, 0) is 25.0 Å². The van der Waals surface area contributed by atoms with Crippen LogP contribution in [-0.2, 0) is 11.2 Å². The molecule has 2 nitrogen and oxygen atoms in total. The number of amides is 1. The van der Waals surface area contributed by atoms with Gasteiger partial charge in [-0.1, -0.05) is 18.2 Å². The molecule has 1 amide bonds. The summed E-state index contributed by atoms with van der Waals surface area (Å²) in [6, 6.07) is 6.67. The van der Waals surface area contributed by atoms with E-state index in [9.17, 15) is 18.0 Å². The van der Waals surface area contributed by atoms with Crippen molar-refractivity contribution in [3.8, 4) is 0 Å². The maximum absolute atomic E-state index is 13.0. The van der Waals surface area contributed by atoms with E-state index in [1.165, 1.54) is 7.05 Å². The number of halogens is 3. The number of para-hydroxylation sites is 1. The van der Waals surface area contributed by atoms with Gasteiger partial charge in [0.1, 0.15) is 5.41 Å². The van der Waals surface area contributed by atoms with E-state index >= 15 is 0 Å². The predicted molar refractivity (Wildman–Crippen MR) is 57.7 cm³/mol. The van der Waals surface area contributed by atoms with Gasteiger partial charge in [-0.3, -0.25) is 4.79 Å². The molecule has 1 aliphatic heterocycles. The van der Waals surface area contributed by atoms with Crippen LogP contribution in [0.15, 0.2) is 24.3 Å². The van der Waals surface area contributed by atoms with Crippen LogP contribution in [0, 0.1) is 5.41 Å². The van der Waals surface area contributed by atoms with Crippen LogP contribution in [0.2, 0.25) is 0 Å². The number of rotatable bonds is 0. The SMILES string of the molecule is CN1C(=O)[C@@](C)(C(F)(F)F)Cc2ccccc21. The lowest BCUT2D eigenvalue weighted by atomic mass is 9.78. The first-order chi connectivity index (χ1) is 7.77. The average molecular weight is 243 g/mol. The zero-order valence-electron chi connectivity index (χ0n) is 9.51. The van der Waals surface area contributed by atoms with Crippen LogP contribution in [0.25, 0.3) is 0 Å². The zero-order chi connectivity index (χ0) is 12.8. The van der Waals surface area contributed by atoms with Crippen LogP contribution in [0.5, 0.6) is 0 Å². The molecule has 1 aromatic rings. The summed E-state index contributed by atoms with van der Waals surface area (Å²) in [5, 5.41) is 0. The van der Waals surface area contributed by atoms with Gasteiger partial charge in [0.2, 0.25) is 5.91 Å². The number of hydrogen-bond acceptors (Lipinski definition) is 1. The highest BCUT2D eigenvalue weighted by Gasteiger charge is 2.59. The normalized spacial score (nSPS) is 24.8. The van der Waals surface area contributed by atoms with E-state index in [2.05, 4.69) is 0 Å². The van der Waals surface area contributed by atoms with Crippen molar-refractivity contribution in [3.05, 3.63) is 29.8 Å². The summed E-state index contributed by atoms with van der Waals surface area (Å²) in [6.45, 7) is 0.960. The molecule has 0 aliphatic carbocycles. The molecule has 1 aromatic carbocycles. The molecule has 1 heterocycles. The van der Waals surface area contributed by atoms with Crippen molar-refractivity contribution >= 4 is 11.6 Å². The number of carbonyl (C=O) groups excluding carboxylic acids is 1. The Morgan fingerprint density at radius 1 is 1.29 bits per heavy atom. The highest BCUT2D eigenvalue weighted by atomic mass is 19.4. The molecule has 0 unspecified atom stereocenters. The Balaban J connectivity index is 2.55. The fourth-order valence-electron chi connectivity index (χ4n) is 2.15. The van der Waals surface area contributed by atoms with Gasteiger partial charge in [0.25, 0.3) is 0 Å². The number of fused-ring (bicyclic) bond motifs is 1. The standard InChI is InChI=1S/C12H12F3NO/c1-11(12(13,14)15)7-8-5-3-4-6-9(8)16(2)10(11)17/h3-6H,7H2,1-2H3/t11-/m0/s1. The molecule has 2 rings (SSSR count). The Morgan fingerprint density at radius 2 is 1.88 bits per heavy atom. The summed E-state index contributed by atoms with van der Waals surface area (Å²) in [5.74, 6) is -0.899. The third kappa shape index (κ3) is 1.61. The zero-order valence-corrected chi connectivity index (χ0v) is 9.51. The molecule has 0 bridgehead atoms. The van der Waals surface area contributed by atoms with E-state index in [0.29, 0.717) is 11.3 Å². The maximum atomic E-state index is 13.0. The number of anilines is 1. The van der Waals surface area contributed by atoms with E-state index in [1.54, 1.807) is 24.3 Å². The van der Waals surface area contributed by atoms with Gasteiger partial charge < -0.3 is 4.90 Å². The highest BCUT2D eigenvalue weighted by Crippen LogP contribution is 2.46. The van der Waals surface area contributed by atoms with Crippen molar-refractivity contribution in [1.82, 2.24) is 0 Å². The van der Waals surface area contributed by atoms with Crippen molar-refractivity contribution in [2.45, 2.75) is 19.5 Å². The van der Waals surface area contributed by atoms with E-state index in [1.807, 2.05) is 0 Å². The molecule has 1 aliphatic rings. The first-order valence-electron chi connectivity index (χ1n) is 5.20. The summed E-state index contributed by atoms with van der Waals surface area (Å²) in [7, 11) is 1.38. The molecule has 17 heavy (non-hydrogen) atoms. The Morgan fingerprint density at radius 3 is 2.47 bits per heavy atom. The number of hydrogen-bond donors (Lipinski definition) is 0. The van der Waals surface area contributed by atoms with Gasteiger partial charge in [0, 0.05) is 12.7 Å². The van der Waals surface area contributed by atoms with Gasteiger partial charge in [-0.15, -0.1) is 0 Å². The molecular formula is C12H12F3NO. The van der Waals surface area contributed by atoms with Crippen molar-refractivity contribution < 1.29 is 18.0 Å². The second-order valence-corrected chi connectivity index (χ2v) is 4.50. The molecule has 0 radical (unpaired) electrons. The lowest BCUT2D eigenvalue weighted by molar-refractivity contribution is -0.215. The van der Waals surface area contributed by atoms with Crippen LogP contribution in [0.4, 0.5) is 18.9 Å². The molecule has 0 saturated heterocycles. The third-order valence-corrected chi connectivity index (χ3v) is 3.30. The lowest BCUT2D eigenvalue weighted by Crippen LogP contribution is -2.53. The topological polar surface area (TPSA) is 20.3 Å². The molecule has 0 N–H and O–H groups in total. The molecule has 0 saturated carbocycles. The molecule has 0 spiro atoms. The summed E-state index contributed by atoms with van der Waals surface area (Å²) >= 11 is 0. The van der Waals surface area contributed by atoms with Gasteiger partial charge in [0.15, 0.2) is 0 Å². The van der Waals surface area contributed by atoms with E-state index in [-0.39, 0.29) is 6.42 Å². The third-order valence-electron chi connectivity index (χ3n) is 3.30. The van der Waals surface area contributed by atoms with Crippen LogP contribution >= 0.6 is 0 Å². The summed E-state index contributed by atoms with van der Waals surface area (Å²) < 4.78 is 39.0. The summed E-state index contributed by atoms with van der Waals surface area (Å²) in [6.07, 6.45) is -4.83.